The number of carboxylic acid groups (broad SMARTS) is 1. The van der Waals surface area contributed by atoms with Crippen molar-refractivity contribution in [3.8, 4) is 0 Å². The molecule has 88 valence electrons. The molecule has 0 radical (unpaired) electrons. The lowest BCUT2D eigenvalue weighted by Crippen LogP contribution is -2.14. The number of nitrogens with two attached hydrogens (primary N) is 1. The molecule has 3 nitrogen and oxygen atoms in total. The van der Waals surface area contributed by atoms with E-state index in [2.05, 4.69) is 0 Å². The molecule has 16 heavy (non-hydrogen) atoms. The van der Waals surface area contributed by atoms with Crippen molar-refractivity contribution in [1.29, 1.82) is 0 Å². The summed E-state index contributed by atoms with van der Waals surface area (Å²) in [5.41, 5.74) is 6.48. The van der Waals surface area contributed by atoms with Crippen LogP contribution in [0.1, 0.15) is 30.0 Å². The van der Waals surface area contributed by atoms with Gasteiger partial charge < -0.3 is 10.8 Å². The molecule has 0 bridgehead atoms. The molecule has 1 atom stereocenters. The maximum absolute atomic E-state index is 10.5. The SMILES string of the molecule is C/C(=C\C(=O)O)c1ccc(CC[C@@H](C)N)s1. The first-order valence-corrected chi connectivity index (χ1v) is 6.06. The Bertz CT molecular complexity index is 393. The number of hydrogen-bond donors (Lipinski definition) is 2. The van der Waals surface area contributed by atoms with E-state index in [0.29, 0.717) is 0 Å². The summed E-state index contributed by atoms with van der Waals surface area (Å²) < 4.78 is 0. The van der Waals surface area contributed by atoms with Gasteiger partial charge in [0.1, 0.15) is 0 Å². The van der Waals surface area contributed by atoms with Gasteiger partial charge in [-0.25, -0.2) is 4.79 Å². The largest absolute Gasteiger partial charge is 0.478 e. The van der Waals surface area contributed by atoms with E-state index in [1.54, 1.807) is 11.3 Å². The molecule has 0 aliphatic heterocycles. The second-order valence-corrected chi connectivity index (χ2v) is 5.12. The minimum atomic E-state index is -0.900. The number of carbonyl (C=O) groups is 1. The minimum absolute atomic E-state index is 0.209. The monoisotopic (exact) mass is 239 g/mol. The molecule has 0 aliphatic carbocycles. The lowest BCUT2D eigenvalue weighted by atomic mass is 10.2. The molecule has 0 saturated heterocycles. The average Bonchev–Trinajstić information content (AvgIpc) is 2.61. The van der Waals surface area contributed by atoms with Crippen LogP contribution in [0.2, 0.25) is 0 Å². The quantitative estimate of drug-likeness (QED) is 0.776. The highest BCUT2D eigenvalue weighted by atomic mass is 32.1. The molecule has 3 N–H and O–H groups in total. The van der Waals surface area contributed by atoms with Crippen molar-refractivity contribution in [2.75, 3.05) is 0 Å². The Kier molecular flexibility index (Phi) is 4.71. The Morgan fingerprint density at radius 1 is 1.62 bits per heavy atom. The van der Waals surface area contributed by atoms with Gasteiger partial charge in [0, 0.05) is 21.9 Å². The number of rotatable bonds is 5. The topological polar surface area (TPSA) is 63.3 Å². The number of allylic oxidation sites excluding steroid dienone is 1. The van der Waals surface area contributed by atoms with Crippen molar-refractivity contribution in [2.45, 2.75) is 32.7 Å². The molecule has 0 aromatic carbocycles. The predicted octanol–water partition coefficient (Wildman–Crippen LogP) is 2.52. The zero-order valence-electron chi connectivity index (χ0n) is 9.56. The molecule has 4 heteroatoms. The van der Waals surface area contributed by atoms with Crippen LogP contribution in [0.3, 0.4) is 0 Å². The molecular weight excluding hydrogens is 222 g/mol. The van der Waals surface area contributed by atoms with Crippen molar-refractivity contribution >= 4 is 22.9 Å². The van der Waals surface area contributed by atoms with Crippen LogP contribution in [0.5, 0.6) is 0 Å². The van der Waals surface area contributed by atoms with E-state index < -0.39 is 5.97 Å². The van der Waals surface area contributed by atoms with Gasteiger partial charge in [0.25, 0.3) is 0 Å². The first-order chi connectivity index (χ1) is 7.49. The highest BCUT2D eigenvalue weighted by Crippen LogP contribution is 2.24. The van der Waals surface area contributed by atoms with Crippen LogP contribution in [0.25, 0.3) is 5.57 Å². The zero-order chi connectivity index (χ0) is 12.1. The van der Waals surface area contributed by atoms with Gasteiger partial charge >= 0.3 is 5.97 Å². The normalized spacial score (nSPS) is 13.8. The predicted molar refractivity (Wildman–Crippen MR) is 67.6 cm³/mol. The van der Waals surface area contributed by atoms with Gasteiger partial charge in [-0.15, -0.1) is 11.3 Å². The Morgan fingerprint density at radius 2 is 2.31 bits per heavy atom. The van der Waals surface area contributed by atoms with Crippen LogP contribution < -0.4 is 5.73 Å². The van der Waals surface area contributed by atoms with E-state index in [1.807, 2.05) is 26.0 Å². The van der Waals surface area contributed by atoms with Gasteiger partial charge in [0.05, 0.1) is 0 Å². The van der Waals surface area contributed by atoms with E-state index in [-0.39, 0.29) is 6.04 Å². The van der Waals surface area contributed by atoms with Crippen molar-refractivity contribution in [1.82, 2.24) is 0 Å². The van der Waals surface area contributed by atoms with E-state index in [0.717, 1.165) is 23.3 Å². The van der Waals surface area contributed by atoms with Crippen LogP contribution in [-0.2, 0) is 11.2 Å². The van der Waals surface area contributed by atoms with E-state index in [1.165, 1.54) is 11.0 Å². The zero-order valence-corrected chi connectivity index (χ0v) is 10.4. The molecule has 0 aliphatic rings. The van der Waals surface area contributed by atoms with Gasteiger partial charge in [0.2, 0.25) is 0 Å². The number of carboxylic acids is 1. The van der Waals surface area contributed by atoms with Crippen molar-refractivity contribution < 1.29 is 9.90 Å². The number of aliphatic carboxylic acids is 1. The molecule has 1 heterocycles. The van der Waals surface area contributed by atoms with Crippen molar-refractivity contribution in [2.24, 2.45) is 5.73 Å². The fraction of sp³-hybridized carbons (Fsp3) is 0.417. The molecule has 0 fully saturated rings. The van der Waals surface area contributed by atoms with E-state index in [9.17, 15) is 4.79 Å². The molecule has 1 aromatic heterocycles. The molecule has 0 unspecified atom stereocenters. The highest BCUT2D eigenvalue weighted by Gasteiger charge is 2.04. The number of thiophene rings is 1. The fourth-order valence-corrected chi connectivity index (χ4v) is 2.34. The molecule has 0 spiro atoms. The summed E-state index contributed by atoms with van der Waals surface area (Å²) in [6, 6.07) is 4.22. The first kappa shape index (κ1) is 12.9. The third-order valence-corrected chi connectivity index (χ3v) is 3.52. The van der Waals surface area contributed by atoms with Crippen LogP contribution in [0.15, 0.2) is 18.2 Å². The van der Waals surface area contributed by atoms with Crippen LogP contribution in [0, 0.1) is 0 Å². The number of hydrogen-bond acceptors (Lipinski definition) is 3. The summed E-state index contributed by atoms with van der Waals surface area (Å²) >= 11 is 1.64. The molecule has 0 saturated carbocycles. The molecule has 0 amide bonds. The second-order valence-electron chi connectivity index (χ2n) is 3.95. The highest BCUT2D eigenvalue weighted by molar-refractivity contribution is 7.13. The Labute approximate surface area is 99.6 Å². The Hall–Kier alpha value is -1.13. The maximum Gasteiger partial charge on any atom is 0.328 e. The van der Waals surface area contributed by atoms with Crippen LogP contribution in [0.4, 0.5) is 0 Å². The average molecular weight is 239 g/mol. The smallest absolute Gasteiger partial charge is 0.328 e. The lowest BCUT2D eigenvalue weighted by molar-refractivity contribution is -0.131. The van der Waals surface area contributed by atoms with Gasteiger partial charge in [-0.2, -0.15) is 0 Å². The maximum atomic E-state index is 10.5. The Morgan fingerprint density at radius 3 is 2.88 bits per heavy atom. The molecular formula is C12H17NO2S. The van der Waals surface area contributed by atoms with Gasteiger partial charge in [-0.1, -0.05) is 0 Å². The summed E-state index contributed by atoms with van der Waals surface area (Å²) in [4.78, 5) is 12.8. The summed E-state index contributed by atoms with van der Waals surface area (Å²) in [5.74, 6) is -0.900. The first-order valence-electron chi connectivity index (χ1n) is 5.25. The Balaban J connectivity index is 2.67. The van der Waals surface area contributed by atoms with Gasteiger partial charge in [-0.05, 0) is 44.4 Å². The van der Waals surface area contributed by atoms with Crippen LogP contribution in [-0.4, -0.2) is 17.1 Å². The summed E-state index contributed by atoms with van der Waals surface area (Å²) in [6.07, 6.45) is 3.16. The molecule has 1 aromatic rings. The third-order valence-electron chi connectivity index (χ3n) is 2.24. The minimum Gasteiger partial charge on any atom is -0.478 e. The number of aryl methyl sites for hydroxylation is 1. The second kappa shape index (κ2) is 5.82. The third kappa shape index (κ3) is 4.16. The standard InChI is InChI=1S/C12H17NO2S/c1-8(7-12(14)15)11-6-5-10(16-11)4-3-9(2)13/h5-7,9H,3-4,13H2,1-2H3,(H,14,15)/b8-7+/t9-/m1/s1. The van der Waals surface area contributed by atoms with Gasteiger partial charge in [0.15, 0.2) is 0 Å². The van der Waals surface area contributed by atoms with Gasteiger partial charge in [-0.3, -0.25) is 0 Å². The summed E-state index contributed by atoms with van der Waals surface area (Å²) in [6.45, 7) is 3.80. The van der Waals surface area contributed by atoms with E-state index >= 15 is 0 Å². The van der Waals surface area contributed by atoms with Crippen LogP contribution >= 0.6 is 11.3 Å². The fourth-order valence-electron chi connectivity index (χ4n) is 1.35. The molecule has 1 rings (SSSR count). The summed E-state index contributed by atoms with van der Waals surface area (Å²) in [7, 11) is 0. The lowest BCUT2D eigenvalue weighted by Gasteiger charge is -2.01. The summed E-state index contributed by atoms with van der Waals surface area (Å²) in [5, 5.41) is 8.64. The van der Waals surface area contributed by atoms with Crippen molar-refractivity contribution in [3.05, 3.63) is 28.0 Å². The van der Waals surface area contributed by atoms with Crippen molar-refractivity contribution in [3.63, 3.8) is 0 Å². The van der Waals surface area contributed by atoms with E-state index in [4.69, 9.17) is 10.8 Å².